The molecule has 60 valence electrons. The Morgan fingerprint density at radius 2 is 1.91 bits per heavy atom. The molecular formula is C6H6FNO2S. The molecule has 0 bridgehead atoms. The molecule has 5 heteroatoms. The molecule has 1 aromatic rings. The van der Waals surface area contributed by atoms with Gasteiger partial charge in [0.05, 0.1) is 0 Å². The molecule has 1 rings (SSSR count). The van der Waals surface area contributed by atoms with Gasteiger partial charge < -0.3 is 0 Å². The maximum atomic E-state index is 12.0. The molecule has 0 saturated heterocycles. The van der Waals surface area contributed by atoms with Crippen LogP contribution in [-0.2, 0) is 16.0 Å². The van der Waals surface area contributed by atoms with Gasteiger partial charge in [-0.05, 0) is 17.7 Å². The number of halogens is 1. The van der Waals surface area contributed by atoms with E-state index >= 15 is 0 Å². The number of aromatic nitrogens is 1. The summed E-state index contributed by atoms with van der Waals surface area (Å²) in [7, 11) is -4.40. The van der Waals surface area contributed by atoms with E-state index in [0.29, 0.717) is 5.56 Å². The molecule has 0 saturated carbocycles. The molecule has 0 radical (unpaired) electrons. The number of rotatable bonds is 2. The third-order valence-electron chi connectivity index (χ3n) is 1.09. The minimum Gasteiger partial charge on any atom is -0.265 e. The highest BCUT2D eigenvalue weighted by atomic mass is 32.3. The Bertz CT molecular complexity index is 322. The van der Waals surface area contributed by atoms with Gasteiger partial charge in [-0.1, -0.05) is 0 Å². The number of nitrogens with zero attached hydrogens (tertiary/aromatic N) is 1. The first-order chi connectivity index (χ1) is 5.08. The molecule has 3 nitrogen and oxygen atoms in total. The average Bonchev–Trinajstić information content (AvgIpc) is 1.85. The van der Waals surface area contributed by atoms with E-state index in [1.54, 1.807) is 0 Å². The zero-order valence-electron chi connectivity index (χ0n) is 5.57. The highest BCUT2D eigenvalue weighted by molar-refractivity contribution is 7.85. The number of hydrogen-bond donors (Lipinski definition) is 0. The zero-order valence-corrected chi connectivity index (χ0v) is 6.38. The average molecular weight is 175 g/mol. The lowest BCUT2D eigenvalue weighted by atomic mass is 10.3. The van der Waals surface area contributed by atoms with Crippen LogP contribution in [0.4, 0.5) is 3.89 Å². The smallest absolute Gasteiger partial charge is 0.265 e. The van der Waals surface area contributed by atoms with E-state index < -0.39 is 16.0 Å². The highest BCUT2D eigenvalue weighted by Crippen LogP contribution is 2.04. The van der Waals surface area contributed by atoms with Crippen LogP contribution >= 0.6 is 0 Å². The van der Waals surface area contributed by atoms with Crippen molar-refractivity contribution in [2.75, 3.05) is 0 Å². The van der Waals surface area contributed by atoms with Gasteiger partial charge in [0.1, 0.15) is 5.75 Å². The van der Waals surface area contributed by atoms with E-state index in [0.717, 1.165) is 0 Å². The summed E-state index contributed by atoms with van der Waals surface area (Å²) in [5, 5.41) is 0. The summed E-state index contributed by atoms with van der Waals surface area (Å²) >= 11 is 0. The molecule has 0 unspecified atom stereocenters. The first-order valence-corrected chi connectivity index (χ1v) is 4.44. The van der Waals surface area contributed by atoms with E-state index in [2.05, 4.69) is 4.98 Å². The standard InChI is InChI=1S/C6H6FNO2S/c7-11(9,10)5-6-1-3-8-4-2-6/h1-4H,5H2. The van der Waals surface area contributed by atoms with Crippen molar-refractivity contribution in [2.24, 2.45) is 0 Å². The number of pyridine rings is 1. The van der Waals surface area contributed by atoms with E-state index in [4.69, 9.17) is 0 Å². The monoisotopic (exact) mass is 175 g/mol. The molecule has 0 spiro atoms. The molecule has 0 N–H and O–H groups in total. The van der Waals surface area contributed by atoms with Crippen LogP contribution in [0.15, 0.2) is 24.5 Å². The van der Waals surface area contributed by atoms with Crippen molar-refractivity contribution in [3.05, 3.63) is 30.1 Å². The van der Waals surface area contributed by atoms with Crippen LogP contribution in [0.1, 0.15) is 5.56 Å². The summed E-state index contributed by atoms with van der Waals surface area (Å²) < 4.78 is 32.3. The molecule has 0 fully saturated rings. The van der Waals surface area contributed by atoms with Gasteiger partial charge in [-0.15, -0.1) is 3.89 Å². The Morgan fingerprint density at radius 1 is 1.36 bits per heavy atom. The summed E-state index contributed by atoms with van der Waals surface area (Å²) in [4.78, 5) is 3.66. The van der Waals surface area contributed by atoms with Gasteiger partial charge in [0.15, 0.2) is 0 Å². The minimum atomic E-state index is -4.40. The van der Waals surface area contributed by atoms with Crippen molar-refractivity contribution in [3.8, 4) is 0 Å². The lowest BCUT2D eigenvalue weighted by molar-refractivity contribution is 0.551. The van der Waals surface area contributed by atoms with Gasteiger partial charge >= 0.3 is 10.2 Å². The van der Waals surface area contributed by atoms with Gasteiger partial charge in [-0.2, -0.15) is 8.42 Å². The van der Waals surface area contributed by atoms with Crippen LogP contribution in [0, 0.1) is 0 Å². The summed E-state index contributed by atoms with van der Waals surface area (Å²) in [6.45, 7) is 0. The van der Waals surface area contributed by atoms with E-state index in [-0.39, 0.29) is 0 Å². The predicted octanol–water partition coefficient (Wildman–Crippen LogP) is 0.881. The molecule has 0 aromatic carbocycles. The van der Waals surface area contributed by atoms with Crippen molar-refractivity contribution >= 4 is 10.2 Å². The Labute approximate surface area is 64.1 Å². The van der Waals surface area contributed by atoms with Crippen LogP contribution in [0.5, 0.6) is 0 Å². The van der Waals surface area contributed by atoms with Crippen molar-refractivity contribution in [2.45, 2.75) is 5.75 Å². The molecule has 0 aliphatic rings. The van der Waals surface area contributed by atoms with Crippen molar-refractivity contribution in [1.82, 2.24) is 4.98 Å². The third kappa shape index (κ3) is 3.08. The maximum Gasteiger partial charge on any atom is 0.306 e. The van der Waals surface area contributed by atoms with Crippen molar-refractivity contribution < 1.29 is 12.3 Å². The van der Waals surface area contributed by atoms with Crippen LogP contribution in [-0.4, -0.2) is 13.4 Å². The second-order valence-corrected chi connectivity index (χ2v) is 3.40. The lowest BCUT2D eigenvalue weighted by Gasteiger charge is -1.93. The first kappa shape index (κ1) is 8.13. The lowest BCUT2D eigenvalue weighted by Crippen LogP contribution is -1.95. The molecule has 0 aliphatic carbocycles. The number of hydrogen-bond acceptors (Lipinski definition) is 3. The fraction of sp³-hybridized carbons (Fsp3) is 0.167. The quantitative estimate of drug-likeness (QED) is 0.627. The van der Waals surface area contributed by atoms with Gasteiger partial charge in [0, 0.05) is 12.4 Å². The summed E-state index contributed by atoms with van der Waals surface area (Å²) in [5.41, 5.74) is 0.405. The van der Waals surface area contributed by atoms with Crippen LogP contribution in [0.3, 0.4) is 0 Å². The summed E-state index contributed by atoms with van der Waals surface area (Å²) in [5.74, 6) is -0.574. The first-order valence-electron chi connectivity index (χ1n) is 2.89. The topological polar surface area (TPSA) is 47.0 Å². The highest BCUT2D eigenvalue weighted by Gasteiger charge is 2.07. The molecule has 0 amide bonds. The largest absolute Gasteiger partial charge is 0.306 e. The molecule has 0 aliphatic heterocycles. The second-order valence-electron chi connectivity index (χ2n) is 2.04. The van der Waals surface area contributed by atoms with E-state index in [1.807, 2.05) is 0 Å². The van der Waals surface area contributed by atoms with Crippen LogP contribution in [0.25, 0.3) is 0 Å². The third-order valence-corrected chi connectivity index (χ3v) is 1.77. The molecule has 11 heavy (non-hydrogen) atoms. The van der Waals surface area contributed by atoms with E-state index in [9.17, 15) is 12.3 Å². The molecular weight excluding hydrogens is 169 g/mol. The van der Waals surface area contributed by atoms with Gasteiger partial charge in [-0.3, -0.25) is 4.98 Å². The summed E-state index contributed by atoms with van der Waals surface area (Å²) in [6.07, 6.45) is 2.83. The fourth-order valence-electron chi connectivity index (χ4n) is 0.678. The molecule has 1 aromatic heterocycles. The zero-order chi connectivity index (χ0) is 8.32. The SMILES string of the molecule is O=S(=O)(F)Cc1ccncc1. The normalized spacial score (nSPS) is 11.4. The fourth-order valence-corrected chi connectivity index (χ4v) is 1.27. The Morgan fingerprint density at radius 3 is 2.36 bits per heavy atom. The van der Waals surface area contributed by atoms with E-state index in [1.165, 1.54) is 24.5 Å². The molecule has 0 atom stereocenters. The van der Waals surface area contributed by atoms with Crippen molar-refractivity contribution in [3.63, 3.8) is 0 Å². The minimum absolute atomic E-state index is 0.405. The Hall–Kier alpha value is -0.970. The summed E-state index contributed by atoms with van der Waals surface area (Å²) in [6, 6.07) is 2.91. The Kier molecular flexibility index (Phi) is 2.19. The maximum absolute atomic E-state index is 12.0. The molecule has 1 heterocycles. The van der Waals surface area contributed by atoms with Crippen LogP contribution < -0.4 is 0 Å². The Balaban J connectivity index is 2.82. The predicted molar refractivity (Wildman–Crippen MR) is 38.0 cm³/mol. The van der Waals surface area contributed by atoms with Gasteiger partial charge in [-0.25, -0.2) is 0 Å². The van der Waals surface area contributed by atoms with Crippen LogP contribution in [0.2, 0.25) is 0 Å². The van der Waals surface area contributed by atoms with Gasteiger partial charge in [0.2, 0.25) is 0 Å². The van der Waals surface area contributed by atoms with Gasteiger partial charge in [0.25, 0.3) is 0 Å². The second kappa shape index (κ2) is 2.96. The van der Waals surface area contributed by atoms with Crippen molar-refractivity contribution in [1.29, 1.82) is 0 Å².